The third-order valence-corrected chi connectivity index (χ3v) is 3.87. The van der Waals surface area contributed by atoms with Crippen molar-refractivity contribution in [3.63, 3.8) is 0 Å². The van der Waals surface area contributed by atoms with Crippen molar-refractivity contribution < 1.29 is 4.74 Å². The minimum absolute atomic E-state index is 0.234. The summed E-state index contributed by atoms with van der Waals surface area (Å²) < 4.78 is 7.47. The van der Waals surface area contributed by atoms with Crippen molar-refractivity contribution >= 4 is 0 Å². The van der Waals surface area contributed by atoms with Crippen LogP contribution < -0.4 is 5.32 Å². The predicted molar refractivity (Wildman–Crippen MR) is 68.3 cm³/mol. The number of hydrogen-bond acceptors (Lipinski definition) is 3. The number of methoxy groups -OCH3 is 1. The smallest absolute Gasteiger partial charge is 0.0950 e. The van der Waals surface area contributed by atoms with E-state index in [-0.39, 0.29) is 5.41 Å². The van der Waals surface area contributed by atoms with Gasteiger partial charge in [-0.05, 0) is 26.3 Å². The molecule has 1 aliphatic rings. The first-order valence-corrected chi connectivity index (χ1v) is 6.39. The number of hydrogen-bond donors (Lipinski definition) is 1. The van der Waals surface area contributed by atoms with Gasteiger partial charge in [-0.1, -0.05) is 6.92 Å². The lowest BCUT2D eigenvalue weighted by molar-refractivity contribution is 0.179. The fourth-order valence-corrected chi connectivity index (χ4v) is 2.59. The van der Waals surface area contributed by atoms with Crippen LogP contribution in [-0.4, -0.2) is 36.4 Å². The number of aromatic nitrogens is 2. The monoisotopic (exact) mass is 237 g/mol. The van der Waals surface area contributed by atoms with Crippen LogP contribution in [0.1, 0.15) is 38.4 Å². The van der Waals surface area contributed by atoms with Gasteiger partial charge in [0.25, 0.3) is 0 Å². The highest BCUT2D eigenvalue weighted by Gasteiger charge is 2.33. The Morgan fingerprint density at radius 3 is 3.12 bits per heavy atom. The van der Waals surface area contributed by atoms with Crippen LogP contribution in [0, 0.1) is 0 Å². The molecule has 2 heterocycles. The van der Waals surface area contributed by atoms with Gasteiger partial charge in [0.1, 0.15) is 0 Å². The largest absolute Gasteiger partial charge is 0.385 e. The van der Waals surface area contributed by atoms with Crippen LogP contribution in [0.25, 0.3) is 0 Å². The molecule has 0 amide bonds. The highest BCUT2D eigenvalue weighted by atomic mass is 16.5. The maximum atomic E-state index is 5.15. The Labute approximate surface area is 103 Å². The van der Waals surface area contributed by atoms with Gasteiger partial charge in [-0.25, -0.2) is 4.98 Å². The van der Waals surface area contributed by atoms with Crippen LogP contribution in [0.5, 0.6) is 0 Å². The van der Waals surface area contributed by atoms with Crippen molar-refractivity contribution in [1.82, 2.24) is 14.9 Å². The first kappa shape index (κ1) is 12.6. The molecule has 1 N–H and O–H groups in total. The van der Waals surface area contributed by atoms with Gasteiger partial charge in [0, 0.05) is 43.6 Å². The van der Waals surface area contributed by atoms with Crippen LogP contribution in [0.15, 0.2) is 12.5 Å². The van der Waals surface area contributed by atoms with Gasteiger partial charge >= 0.3 is 0 Å². The summed E-state index contributed by atoms with van der Waals surface area (Å²) in [7, 11) is 1.75. The lowest BCUT2D eigenvalue weighted by atomic mass is 9.86. The quantitative estimate of drug-likeness (QED) is 0.847. The average molecular weight is 237 g/mol. The molecule has 1 aliphatic heterocycles. The van der Waals surface area contributed by atoms with E-state index in [1.807, 2.05) is 12.5 Å². The molecule has 0 aliphatic carbocycles. The number of ether oxygens (including phenoxy) is 1. The Kier molecular flexibility index (Phi) is 3.84. The van der Waals surface area contributed by atoms with E-state index in [0.29, 0.717) is 6.04 Å². The molecule has 0 spiro atoms. The SMILES string of the molecule is COCCC(C)n1cncc1C1(C)CCNC1. The summed E-state index contributed by atoms with van der Waals surface area (Å²) >= 11 is 0. The number of nitrogens with one attached hydrogen (secondary N) is 1. The van der Waals surface area contributed by atoms with Crippen molar-refractivity contribution in [2.45, 2.75) is 38.1 Å². The molecule has 2 unspecified atom stereocenters. The summed E-state index contributed by atoms with van der Waals surface area (Å²) in [6.45, 7) is 7.51. The molecular weight excluding hydrogens is 214 g/mol. The third-order valence-electron chi connectivity index (χ3n) is 3.87. The Balaban J connectivity index is 2.16. The molecule has 2 rings (SSSR count). The predicted octanol–water partition coefficient (Wildman–Crippen LogP) is 1.73. The molecule has 0 aromatic carbocycles. The molecule has 0 saturated carbocycles. The van der Waals surface area contributed by atoms with Crippen molar-refractivity contribution in [1.29, 1.82) is 0 Å². The molecule has 1 fully saturated rings. The first-order chi connectivity index (χ1) is 8.17. The van der Waals surface area contributed by atoms with E-state index in [0.717, 1.165) is 26.1 Å². The molecule has 4 heteroatoms. The lowest BCUT2D eigenvalue weighted by Crippen LogP contribution is -2.29. The number of imidazole rings is 1. The summed E-state index contributed by atoms with van der Waals surface area (Å²) in [6, 6.07) is 0.449. The van der Waals surface area contributed by atoms with E-state index in [4.69, 9.17) is 4.74 Å². The van der Waals surface area contributed by atoms with Crippen molar-refractivity contribution in [3.05, 3.63) is 18.2 Å². The van der Waals surface area contributed by atoms with Crippen molar-refractivity contribution in [2.24, 2.45) is 0 Å². The average Bonchev–Trinajstić information content (AvgIpc) is 2.94. The fraction of sp³-hybridized carbons (Fsp3) is 0.769. The highest BCUT2D eigenvalue weighted by molar-refractivity contribution is 5.18. The third kappa shape index (κ3) is 2.53. The normalized spacial score (nSPS) is 26.3. The van der Waals surface area contributed by atoms with Crippen LogP contribution in [0.2, 0.25) is 0 Å². The Morgan fingerprint density at radius 1 is 1.65 bits per heavy atom. The maximum Gasteiger partial charge on any atom is 0.0950 e. The molecule has 1 aromatic heterocycles. The summed E-state index contributed by atoms with van der Waals surface area (Å²) in [5.74, 6) is 0. The Morgan fingerprint density at radius 2 is 2.47 bits per heavy atom. The van der Waals surface area contributed by atoms with Crippen LogP contribution in [-0.2, 0) is 10.2 Å². The zero-order valence-electron chi connectivity index (χ0n) is 11.1. The molecular formula is C13H23N3O. The standard InChI is InChI=1S/C13H23N3O/c1-11(4-7-17-3)16-10-15-8-12(16)13(2)5-6-14-9-13/h8,10-11,14H,4-7,9H2,1-3H3. The van der Waals surface area contributed by atoms with E-state index in [2.05, 4.69) is 28.7 Å². The van der Waals surface area contributed by atoms with E-state index < -0.39 is 0 Å². The summed E-state index contributed by atoms with van der Waals surface area (Å²) in [5.41, 5.74) is 1.59. The van der Waals surface area contributed by atoms with Crippen LogP contribution >= 0.6 is 0 Å². The molecule has 96 valence electrons. The molecule has 4 nitrogen and oxygen atoms in total. The zero-order chi connectivity index (χ0) is 12.3. The highest BCUT2D eigenvalue weighted by Crippen LogP contribution is 2.31. The zero-order valence-corrected chi connectivity index (χ0v) is 11.1. The maximum absolute atomic E-state index is 5.15. The summed E-state index contributed by atoms with van der Waals surface area (Å²) in [4.78, 5) is 4.34. The molecule has 1 saturated heterocycles. The van der Waals surface area contributed by atoms with Gasteiger partial charge < -0.3 is 14.6 Å². The fourth-order valence-electron chi connectivity index (χ4n) is 2.59. The van der Waals surface area contributed by atoms with E-state index >= 15 is 0 Å². The molecule has 2 atom stereocenters. The first-order valence-electron chi connectivity index (χ1n) is 6.39. The lowest BCUT2D eigenvalue weighted by Gasteiger charge is -2.27. The second-order valence-electron chi connectivity index (χ2n) is 5.30. The second kappa shape index (κ2) is 5.19. The topological polar surface area (TPSA) is 39.1 Å². The van der Waals surface area contributed by atoms with Gasteiger partial charge in [-0.2, -0.15) is 0 Å². The summed E-state index contributed by atoms with van der Waals surface area (Å²) in [6.07, 6.45) is 6.20. The number of nitrogens with zero attached hydrogens (tertiary/aromatic N) is 2. The minimum atomic E-state index is 0.234. The van der Waals surface area contributed by atoms with Gasteiger partial charge in [-0.15, -0.1) is 0 Å². The molecule has 0 bridgehead atoms. The molecule has 1 aromatic rings. The Hall–Kier alpha value is -0.870. The Bertz CT molecular complexity index is 355. The molecule has 17 heavy (non-hydrogen) atoms. The van der Waals surface area contributed by atoms with Crippen molar-refractivity contribution in [2.75, 3.05) is 26.8 Å². The van der Waals surface area contributed by atoms with Gasteiger partial charge in [0.05, 0.1) is 6.33 Å². The van der Waals surface area contributed by atoms with E-state index in [1.165, 1.54) is 12.1 Å². The minimum Gasteiger partial charge on any atom is -0.385 e. The number of rotatable bonds is 5. The van der Waals surface area contributed by atoms with Crippen LogP contribution in [0.4, 0.5) is 0 Å². The van der Waals surface area contributed by atoms with Gasteiger partial charge in [0.15, 0.2) is 0 Å². The van der Waals surface area contributed by atoms with Crippen LogP contribution in [0.3, 0.4) is 0 Å². The van der Waals surface area contributed by atoms with E-state index in [1.54, 1.807) is 7.11 Å². The van der Waals surface area contributed by atoms with Gasteiger partial charge in [-0.3, -0.25) is 0 Å². The summed E-state index contributed by atoms with van der Waals surface area (Å²) in [5, 5.41) is 3.44. The van der Waals surface area contributed by atoms with Gasteiger partial charge in [0.2, 0.25) is 0 Å². The molecule has 0 radical (unpaired) electrons. The second-order valence-corrected chi connectivity index (χ2v) is 5.30. The van der Waals surface area contributed by atoms with Crippen molar-refractivity contribution in [3.8, 4) is 0 Å². The van der Waals surface area contributed by atoms with E-state index in [9.17, 15) is 0 Å².